The zero-order valence-electron chi connectivity index (χ0n) is 8.34. The van der Waals surface area contributed by atoms with Crippen molar-refractivity contribution in [2.24, 2.45) is 0 Å². The zero-order valence-corrected chi connectivity index (χ0v) is 8.34. The Morgan fingerprint density at radius 1 is 1.54 bits per heavy atom. The third-order valence-corrected chi connectivity index (χ3v) is 2.17. The Labute approximate surface area is 77.3 Å². The number of hydrogen-bond donors (Lipinski definition) is 1. The molecule has 1 atom stereocenters. The highest BCUT2D eigenvalue weighted by Crippen LogP contribution is 2.21. The number of aromatic amines is 1. The summed E-state index contributed by atoms with van der Waals surface area (Å²) >= 11 is 0. The van der Waals surface area contributed by atoms with Crippen LogP contribution in [0.3, 0.4) is 0 Å². The van der Waals surface area contributed by atoms with Gasteiger partial charge in [0.05, 0.1) is 18.7 Å². The molecule has 0 radical (unpaired) electrons. The lowest BCUT2D eigenvalue weighted by molar-refractivity contribution is -0.142. The largest absolute Gasteiger partial charge is 0.469 e. The van der Waals surface area contributed by atoms with E-state index in [-0.39, 0.29) is 11.9 Å². The molecule has 1 aromatic heterocycles. The lowest BCUT2D eigenvalue weighted by Gasteiger charge is -2.08. The van der Waals surface area contributed by atoms with Crippen LogP contribution in [0.1, 0.15) is 29.8 Å². The predicted molar refractivity (Wildman–Crippen MR) is 48.5 cm³/mol. The van der Waals surface area contributed by atoms with E-state index < -0.39 is 0 Å². The molecular formula is C9H14N2O2. The Hall–Kier alpha value is -1.32. The molecule has 4 nitrogen and oxygen atoms in total. The van der Waals surface area contributed by atoms with Gasteiger partial charge in [0.1, 0.15) is 0 Å². The van der Waals surface area contributed by atoms with Crippen molar-refractivity contribution in [1.82, 2.24) is 10.2 Å². The minimum atomic E-state index is -0.247. The first kappa shape index (κ1) is 9.77. The molecule has 13 heavy (non-hydrogen) atoms. The van der Waals surface area contributed by atoms with Crippen LogP contribution in [0.2, 0.25) is 0 Å². The van der Waals surface area contributed by atoms with E-state index in [0.29, 0.717) is 0 Å². The molecule has 0 aliphatic carbocycles. The van der Waals surface area contributed by atoms with Crippen LogP contribution >= 0.6 is 0 Å². The highest BCUT2D eigenvalue weighted by molar-refractivity contribution is 5.78. The van der Waals surface area contributed by atoms with Crippen LogP contribution < -0.4 is 0 Å². The van der Waals surface area contributed by atoms with Gasteiger partial charge in [0.15, 0.2) is 0 Å². The fourth-order valence-corrected chi connectivity index (χ4v) is 1.49. The summed E-state index contributed by atoms with van der Waals surface area (Å²) in [5.41, 5.74) is 2.72. The summed E-state index contributed by atoms with van der Waals surface area (Å²) in [6.45, 7) is 5.59. The predicted octanol–water partition coefficient (Wildman–Crippen LogP) is 1.30. The second kappa shape index (κ2) is 3.60. The topological polar surface area (TPSA) is 55.0 Å². The average molecular weight is 182 g/mol. The lowest BCUT2D eigenvalue weighted by Crippen LogP contribution is -2.12. The van der Waals surface area contributed by atoms with Crippen LogP contribution in [0, 0.1) is 13.8 Å². The van der Waals surface area contributed by atoms with Crippen LogP contribution in [-0.2, 0) is 9.53 Å². The summed E-state index contributed by atoms with van der Waals surface area (Å²) in [6.07, 6.45) is 0. The summed E-state index contributed by atoms with van der Waals surface area (Å²) in [5, 5.41) is 6.86. The molecule has 0 fully saturated rings. The Bertz CT molecular complexity index is 298. The van der Waals surface area contributed by atoms with E-state index in [2.05, 4.69) is 14.9 Å². The van der Waals surface area contributed by atoms with Gasteiger partial charge in [0, 0.05) is 11.3 Å². The number of nitrogens with zero attached hydrogens (tertiary/aromatic N) is 1. The molecule has 0 bridgehead atoms. The highest BCUT2D eigenvalue weighted by Gasteiger charge is 2.21. The molecule has 0 amide bonds. The van der Waals surface area contributed by atoms with Gasteiger partial charge in [0.2, 0.25) is 0 Å². The van der Waals surface area contributed by atoms with Crippen LogP contribution in [0.5, 0.6) is 0 Å². The quantitative estimate of drug-likeness (QED) is 0.701. The first-order chi connectivity index (χ1) is 6.07. The average Bonchev–Trinajstić information content (AvgIpc) is 2.44. The monoisotopic (exact) mass is 182 g/mol. The minimum Gasteiger partial charge on any atom is -0.469 e. The second-order valence-corrected chi connectivity index (χ2v) is 3.09. The number of carbonyl (C=O) groups is 1. The molecule has 1 aromatic rings. The summed E-state index contributed by atoms with van der Waals surface area (Å²) in [5.74, 6) is -0.476. The van der Waals surface area contributed by atoms with Gasteiger partial charge in [-0.1, -0.05) is 0 Å². The number of carbonyl (C=O) groups excluding carboxylic acids is 1. The summed E-state index contributed by atoms with van der Waals surface area (Å²) in [7, 11) is 1.39. The Morgan fingerprint density at radius 3 is 2.54 bits per heavy atom. The number of nitrogens with one attached hydrogen (secondary N) is 1. The van der Waals surface area contributed by atoms with Crippen LogP contribution in [-0.4, -0.2) is 23.3 Å². The van der Waals surface area contributed by atoms with Gasteiger partial charge >= 0.3 is 5.97 Å². The molecule has 0 unspecified atom stereocenters. The molecular weight excluding hydrogens is 168 g/mol. The molecule has 1 rings (SSSR count). The van der Waals surface area contributed by atoms with Crippen molar-refractivity contribution in [3.05, 3.63) is 17.0 Å². The van der Waals surface area contributed by atoms with Crippen molar-refractivity contribution in [2.75, 3.05) is 7.11 Å². The van der Waals surface area contributed by atoms with E-state index in [1.165, 1.54) is 7.11 Å². The molecule has 0 saturated carbocycles. The smallest absolute Gasteiger partial charge is 0.312 e. The Morgan fingerprint density at radius 2 is 2.15 bits per heavy atom. The van der Waals surface area contributed by atoms with Gasteiger partial charge in [-0.25, -0.2) is 0 Å². The van der Waals surface area contributed by atoms with Crippen molar-refractivity contribution in [3.8, 4) is 0 Å². The standard InChI is InChI=1S/C9H14N2O2/c1-5(9(12)13-4)8-6(2)10-11-7(8)3/h5H,1-4H3,(H,10,11)/t5-/m0/s1. The third-order valence-electron chi connectivity index (χ3n) is 2.17. The van der Waals surface area contributed by atoms with E-state index in [1.54, 1.807) is 0 Å². The van der Waals surface area contributed by atoms with Gasteiger partial charge in [-0.15, -0.1) is 0 Å². The molecule has 72 valence electrons. The number of H-pyrrole nitrogens is 1. The first-order valence-corrected chi connectivity index (χ1v) is 4.17. The zero-order chi connectivity index (χ0) is 10.0. The third kappa shape index (κ3) is 1.71. The fourth-order valence-electron chi connectivity index (χ4n) is 1.49. The van der Waals surface area contributed by atoms with Crippen molar-refractivity contribution >= 4 is 5.97 Å². The fraction of sp³-hybridized carbons (Fsp3) is 0.556. The van der Waals surface area contributed by atoms with E-state index in [4.69, 9.17) is 0 Å². The van der Waals surface area contributed by atoms with Crippen molar-refractivity contribution < 1.29 is 9.53 Å². The molecule has 0 aromatic carbocycles. The van der Waals surface area contributed by atoms with Crippen LogP contribution in [0.25, 0.3) is 0 Å². The maximum Gasteiger partial charge on any atom is 0.312 e. The number of ether oxygens (including phenoxy) is 1. The summed E-state index contributed by atoms with van der Waals surface area (Å²) in [4.78, 5) is 11.3. The Kier molecular flexibility index (Phi) is 2.70. The second-order valence-electron chi connectivity index (χ2n) is 3.09. The van der Waals surface area contributed by atoms with E-state index >= 15 is 0 Å². The van der Waals surface area contributed by atoms with E-state index in [0.717, 1.165) is 17.0 Å². The highest BCUT2D eigenvalue weighted by atomic mass is 16.5. The van der Waals surface area contributed by atoms with E-state index in [1.807, 2.05) is 20.8 Å². The van der Waals surface area contributed by atoms with Crippen molar-refractivity contribution in [2.45, 2.75) is 26.7 Å². The lowest BCUT2D eigenvalue weighted by atomic mass is 10.00. The molecule has 0 aliphatic heterocycles. The normalized spacial score (nSPS) is 12.6. The van der Waals surface area contributed by atoms with Gasteiger partial charge in [-0.3, -0.25) is 9.89 Å². The van der Waals surface area contributed by atoms with Crippen LogP contribution in [0.15, 0.2) is 0 Å². The van der Waals surface area contributed by atoms with Gasteiger partial charge < -0.3 is 4.74 Å². The SMILES string of the molecule is COC(=O)[C@@H](C)c1c(C)n[nH]c1C. The summed E-state index contributed by atoms with van der Waals surface area (Å²) < 4.78 is 4.67. The number of methoxy groups -OCH3 is 1. The number of aromatic nitrogens is 2. The van der Waals surface area contributed by atoms with Gasteiger partial charge in [-0.05, 0) is 20.8 Å². The number of esters is 1. The molecule has 4 heteroatoms. The number of aryl methyl sites for hydroxylation is 2. The number of hydrogen-bond acceptors (Lipinski definition) is 3. The minimum absolute atomic E-state index is 0.229. The maximum absolute atomic E-state index is 11.3. The van der Waals surface area contributed by atoms with Crippen molar-refractivity contribution in [1.29, 1.82) is 0 Å². The van der Waals surface area contributed by atoms with E-state index in [9.17, 15) is 4.79 Å². The maximum atomic E-state index is 11.3. The summed E-state index contributed by atoms with van der Waals surface area (Å²) in [6, 6.07) is 0. The molecule has 0 spiro atoms. The molecule has 1 heterocycles. The van der Waals surface area contributed by atoms with Crippen LogP contribution in [0.4, 0.5) is 0 Å². The molecule has 1 N–H and O–H groups in total. The van der Waals surface area contributed by atoms with Gasteiger partial charge in [0.25, 0.3) is 0 Å². The van der Waals surface area contributed by atoms with Crippen molar-refractivity contribution in [3.63, 3.8) is 0 Å². The first-order valence-electron chi connectivity index (χ1n) is 4.17. The van der Waals surface area contributed by atoms with Gasteiger partial charge in [-0.2, -0.15) is 5.10 Å². The molecule has 0 aliphatic rings. The Balaban J connectivity index is 3.00. The number of rotatable bonds is 2. The molecule has 0 saturated heterocycles.